The molecule has 3 rings (SSSR count). The maximum Gasteiger partial charge on any atom is 0.194 e. The molecule has 1 aromatic rings. The molecule has 2 saturated heterocycles. The summed E-state index contributed by atoms with van der Waals surface area (Å²) < 4.78 is 0. The van der Waals surface area contributed by atoms with E-state index in [2.05, 4.69) is 22.0 Å². The maximum absolute atomic E-state index is 9.39. The van der Waals surface area contributed by atoms with Gasteiger partial charge in [-0.1, -0.05) is 18.6 Å². The molecule has 26 heavy (non-hydrogen) atoms. The lowest BCUT2D eigenvalue weighted by Gasteiger charge is -2.29. The maximum atomic E-state index is 9.39. The molecule has 1 atom stereocenters. The number of hydrogen-bond acceptors (Lipinski definition) is 3. The summed E-state index contributed by atoms with van der Waals surface area (Å²) in [6.07, 6.45) is 5.40. The third-order valence-corrected chi connectivity index (χ3v) is 5.23. The van der Waals surface area contributed by atoms with Crippen LogP contribution in [-0.4, -0.2) is 60.1 Å². The van der Waals surface area contributed by atoms with E-state index in [1.807, 2.05) is 12.1 Å². The van der Waals surface area contributed by atoms with Crippen LogP contribution in [0.1, 0.15) is 38.2 Å². The lowest BCUT2D eigenvalue weighted by Crippen LogP contribution is -2.41. The van der Waals surface area contributed by atoms with Crippen molar-refractivity contribution in [1.29, 1.82) is 0 Å². The summed E-state index contributed by atoms with van der Waals surface area (Å²) in [6.45, 7) is 9.68. The van der Waals surface area contributed by atoms with Gasteiger partial charge in [0.2, 0.25) is 0 Å². The molecule has 0 radical (unpaired) electrons. The second-order valence-electron chi connectivity index (χ2n) is 7.30. The zero-order valence-electron chi connectivity index (χ0n) is 15.9. The first kappa shape index (κ1) is 21.3. The third-order valence-electron chi connectivity index (χ3n) is 5.23. The van der Waals surface area contributed by atoms with Gasteiger partial charge in [0.05, 0.1) is 6.54 Å². The summed E-state index contributed by atoms with van der Waals surface area (Å²) >= 11 is 0. The van der Waals surface area contributed by atoms with E-state index in [0.717, 1.165) is 37.1 Å². The molecule has 1 unspecified atom stereocenters. The molecule has 0 amide bonds. The highest BCUT2D eigenvalue weighted by Gasteiger charge is 2.26. The number of halogens is 1. The van der Waals surface area contributed by atoms with E-state index in [1.54, 1.807) is 12.1 Å². The Morgan fingerprint density at radius 3 is 2.58 bits per heavy atom. The predicted octanol–water partition coefficient (Wildman–Crippen LogP) is 3.28. The van der Waals surface area contributed by atoms with Gasteiger partial charge in [-0.2, -0.15) is 0 Å². The van der Waals surface area contributed by atoms with Crippen LogP contribution in [0.25, 0.3) is 0 Å². The van der Waals surface area contributed by atoms with E-state index >= 15 is 0 Å². The van der Waals surface area contributed by atoms with Crippen LogP contribution >= 0.6 is 24.0 Å². The zero-order chi connectivity index (χ0) is 17.5. The van der Waals surface area contributed by atoms with Crippen molar-refractivity contribution >= 4 is 29.9 Å². The predicted molar refractivity (Wildman–Crippen MR) is 118 cm³/mol. The first-order chi connectivity index (χ1) is 12.2. The Hall–Kier alpha value is -1.02. The Labute approximate surface area is 174 Å². The van der Waals surface area contributed by atoms with Crippen molar-refractivity contribution in [3.63, 3.8) is 0 Å². The molecule has 1 aromatic carbocycles. The van der Waals surface area contributed by atoms with Crippen LogP contribution in [0.4, 0.5) is 0 Å². The van der Waals surface area contributed by atoms with Gasteiger partial charge in [-0.15, -0.1) is 24.0 Å². The third kappa shape index (κ3) is 6.30. The van der Waals surface area contributed by atoms with E-state index in [1.165, 1.54) is 45.3 Å². The molecule has 6 heteroatoms. The van der Waals surface area contributed by atoms with E-state index < -0.39 is 0 Å². The Kier molecular flexibility index (Phi) is 8.98. The number of hydrogen-bond donors (Lipinski definition) is 2. The average molecular weight is 472 g/mol. The average Bonchev–Trinajstić information content (AvgIpc) is 3.09. The number of aliphatic imine (C=N–C) groups is 1. The number of aromatic hydroxyl groups is 1. The molecular weight excluding hydrogens is 439 g/mol. The van der Waals surface area contributed by atoms with Crippen molar-refractivity contribution in [1.82, 2.24) is 15.1 Å². The summed E-state index contributed by atoms with van der Waals surface area (Å²) in [5.41, 5.74) is 1.12. The zero-order valence-corrected chi connectivity index (χ0v) is 18.2. The smallest absolute Gasteiger partial charge is 0.194 e. The fraction of sp³-hybridized carbons (Fsp3) is 0.650. The molecule has 0 aliphatic carbocycles. The number of nitrogens with one attached hydrogen (secondary N) is 1. The molecule has 5 nitrogen and oxygen atoms in total. The first-order valence-electron chi connectivity index (χ1n) is 9.78. The fourth-order valence-corrected chi connectivity index (χ4v) is 3.87. The van der Waals surface area contributed by atoms with Crippen molar-refractivity contribution in [2.45, 2.75) is 39.2 Å². The molecule has 0 aromatic heterocycles. The van der Waals surface area contributed by atoms with Crippen LogP contribution in [0.3, 0.4) is 0 Å². The quantitative estimate of drug-likeness (QED) is 0.393. The highest BCUT2D eigenvalue weighted by Crippen LogP contribution is 2.20. The summed E-state index contributed by atoms with van der Waals surface area (Å²) in [7, 11) is 0. The first-order valence-corrected chi connectivity index (χ1v) is 9.78. The molecule has 2 aliphatic rings. The van der Waals surface area contributed by atoms with Crippen molar-refractivity contribution in [3.05, 3.63) is 29.8 Å². The number of benzene rings is 1. The van der Waals surface area contributed by atoms with Crippen LogP contribution in [0.2, 0.25) is 0 Å². The number of phenolic OH excluding ortho intramolecular Hbond substituents is 1. The second kappa shape index (κ2) is 11.0. The van der Waals surface area contributed by atoms with Gasteiger partial charge in [-0.3, -0.25) is 0 Å². The van der Waals surface area contributed by atoms with Gasteiger partial charge in [0.1, 0.15) is 5.75 Å². The van der Waals surface area contributed by atoms with Gasteiger partial charge in [0, 0.05) is 26.2 Å². The summed E-state index contributed by atoms with van der Waals surface area (Å²) in [4.78, 5) is 9.88. The van der Waals surface area contributed by atoms with Crippen molar-refractivity contribution < 1.29 is 5.11 Å². The minimum absolute atomic E-state index is 0. The standard InChI is InChI=1S/C20H32N4O.HI/c1-2-21-20(22-14-17-6-8-19(25)9-7-17)24-13-10-18(16-24)15-23-11-4-3-5-12-23;/h6-9,18,25H,2-5,10-16H2,1H3,(H,21,22);1H. The second-order valence-corrected chi connectivity index (χ2v) is 7.30. The minimum atomic E-state index is 0. The van der Waals surface area contributed by atoms with Crippen LogP contribution in [-0.2, 0) is 6.54 Å². The Bertz CT molecular complexity index is 557. The summed E-state index contributed by atoms with van der Waals surface area (Å²) in [5.74, 6) is 2.09. The van der Waals surface area contributed by atoms with E-state index in [0.29, 0.717) is 12.3 Å². The number of phenols is 1. The van der Waals surface area contributed by atoms with Crippen molar-refractivity contribution in [3.8, 4) is 5.75 Å². The molecule has 2 fully saturated rings. The molecule has 0 saturated carbocycles. The fourth-order valence-electron chi connectivity index (χ4n) is 3.87. The van der Waals surface area contributed by atoms with Crippen LogP contribution in [0.5, 0.6) is 5.75 Å². The largest absolute Gasteiger partial charge is 0.508 e. The topological polar surface area (TPSA) is 51.1 Å². The molecule has 146 valence electrons. The lowest BCUT2D eigenvalue weighted by atomic mass is 10.1. The number of likely N-dealkylation sites (tertiary alicyclic amines) is 2. The van der Waals surface area contributed by atoms with Crippen molar-refractivity contribution in [2.75, 3.05) is 39.3 Å². The highest BCUT2D eigenvalue weighted by atomic mass is 127. The molecule has 0 spiro atoms. The molecular formula is C20H33IN4O. The Morgan fingerprint density at radius 1 is 1.15 bits per heavy atom. The van der Waals surface area contributed by atoms with Crippen molar-refractivity contribution in [2.24, 2.45) is 10.9 Å². The minimum Gasteiger partial charge on any atom is -0.508 e. The number of piperidine rings is 1. The Balaban J connectivity index is 0.00000243. The Morgan fingerprint density at radius 2 is 1.88 bits per heavy atom. The normalized spacial score (nSPS) is 21.5. The molecule has 2 aliphatic heterocycles. The molecule has 2 N–H and O–H groups in total. The monoisotopic (exact) mass is 472 g/mol. The molecule has 2 heterocycles. The van der Waals surface area contributed by atoms with Gasteiger partial charge in [-0.25, -0.2) is 4.99 Å². The van der Waals surface area contributed by atoms with Crippen LogP contribution in [0, 0.1) is 5.92 Å². The van der Waals surface area contributed by atoms with Gasteiger partial charge in [-0.05, 0) is 62.9 Å². The molecule has 0 bridgehead atoms. The summed E-state index contributed by atoms with van der Waals surface area (Å²) in [5, 5.41) is 12.8. The lowest BCUT2D eigenvalue weighted by molar-refractivity contribution is 0.198. The highest BCUT2D eigenvalue weighted by molar-refractivity contribution is 14.0. The van der Waals surface area contributed by atoms with Gasteiger partial charge in [0.25, 0.3) is 0 Å². The van der Waals surface area contributed by atoms with E-state index in [4.69, 9.17) is 4.99 Å². The SMILES string of the molecule is CCNC(=NCc1ccc(O)cc1)N1CCC(CN2CCCCC2)C1.I. The van der Waals surface area contributed by atoms with Crippen LogP contribution in [0.15, 0.2) is 29.3 Å². The van der Waals surface area contributed by atoms with Gasteiger partial charge < -0.3 is 20.2 Å². The summed E-state index contributed by atoms with van der Waals surface area (Å²) in [6, 6.07) is 7.32. The van der Waals surface area contributed by atoms with Gasteiger partial charge >= 0.3 is 0 Å². The van der Waals surface area contributed by atoms with Crippen LogP contribution < -0.4 is 5.32 Å². The van der Waals surface area contributed by atoms with E-state index in [9.17, 15) is 5.11 Å². The number of guanidine groups is 1. The number of nitrogens with zero attached hydrogens (tertiary/aromatic N) is 3. The van der Waals surface area contributed by atoms with Gasteiger partial charge in [0.15, 0.2) is 5.96 Å². The number of rotatable bonds is 5. The van der Waals surface area contributed by atoms with E-state index in [-0.39, 0.29) is 24.0 Å².